The van der Waals surface area contributed by atoms with Gasteiger partial charge in [-0.15, -0.1) is 11.3 Å². The van der Waals surface area contributed by atoms with Gasteiger partial charge in [0.2, 0.25) is 5.91 Å². The number of thiophene rings is 1. The van der Waals surface area contributed by atoms with Crippen molar-refractivity contribution in [3.63, 3.8) is 0 Å². The molecule has 0 radical (unpaired) electrons. The number of nitrogens with zero attached hydrogens (tertiary/aromatic N) is 1. The highest BCUT2D eigenvalue weighted by atomic mass is 32.1. The van der Waals surface area contributed by atoms with E-state index in [9.17, 15) is 9.18 Å². The molecule has 5 heteroatoms. The average Bonchev–Trinajstić information content (AvgIpc) is 3.06. The summed E-state index contributed by atoms with van der Waals surface area (Å²) in [5.41, 5.74) is 0.911. The molecule has 0 bridgehead atoms. The molecule has 2 aromatic rings. The first kappa shape index (κ1) is 16.1. The van der Waals surface area contributed by atoms with Gasteiger partial charge in [0.15, 0.2) is 0 Å². The highest BCUT2D eigenvalue weighted by Gasteiger charge is 2.29. The maximum atomic E-state index is 13.1. The van der Waals surface area contributed by atoms with Gasteiger partial charge in [-0.2, -0.15) is 0 Å². The molecule has 1 fully saturated rings. The van der Waals surface area contributed by atoms with Crippen LogP contribution in [0.2, 0.25) is 0 Å². The van der Waals surface area contributed by atoms with Crippen molar-refractivity contribution in [2.24, 2.45) is 0 Å². The van der Waals surface area contributed by atoms with Crippen LogP contribution < -0.4 is 0 Å². The van der Waals surface area contributed by atoms with Gasteiger partial charge in [0.25, 0.3) is 0 Å². The lowest BCUT2D eigenvalue weighted by atomic mass is 10.1. The van der Waals surface area contributed by atoms with Gasteiger partial charge in [0.05, 0.1) is 12.6 Å². The number of morpholine rings is 1. The van der Waals surface area contributed by atoms with Crippen LogP contribution in [0.3, 0.4) is 0 Å². The molecule has 0 aliphatic carbocycles. The fourth-order valence-electron chi connectivity index (χ4n) is 2.86. The molecule has 3 nitrogen and oxygen atoms in total. The van der Waals surface area contributed by atoms with E-state index in [1.165, 1.54) is 17.0 Å². The molecule has 2 unspecified atom stereocenters. The molecule has 1 aliphatic heterocycles. The third kappa shape index (κ3) is 4.18. The Hall–Kier alpha value is -1.72. The lowest BCUT2D eigenvalue weighted by Gasteiger charge is -2.37. The van der Waals surface area contributed by atoms with Gasteiger partial charge in [-0.3, -0.25) is 4.79 Å². The Kier molecular flexibility index (Phi) is 5.08. The van der Waals surface area contributed by atoms with E-state index in [2.05, 4.69) is 6.07 Å². The summed E-state index contributed by atoms with van der Waals surface area (Å²) < 4.78 is 19.0. The summed E-state index contributed by atoms with van der Waals surface area (Å²) in [5.74, 6) is -0.109. The zero-order valence-electron chi connectivity index (χ0n) is 13.1. The number of hydrogen-bond acceptors (Lipinski definition) is 3. The Bertz CT molecular complexity index is 642. The van der Waals surface area contributed by atoms with E-state index >= 15 is 0 Å². The Morgan fingerprint density at radius 2 is 2.09 bits per heavy atom. The first-order valence-electron chi connectivity index (χ1n) is 7.83. The zero-order chi connectivity index (χ0) is 16.2. The number of carbonyl (C=O) groups excluding carboxylic acids is 1. The molecule has 122 valence electrons. The number of ether oxygens (including phenoxy) is 1. The molecule has 3 rings (SSSR count). The fraction of sp³-hybridized carbons (Fsp3) is 0.389. The Labute approximate surface area is 139 Å². The van der Waals surface area contributed by atoms with Crippen LogP contribution in [0.25, 0.3) is 0 Å². The molecule has 0 spiro atoms. The predicted octanol–water partition coefficient (Wildman–Crippen LogP) is 3.81. The second-order valence-corrected chi connectivity index (χ2v) is 6.90. The minimum Gasteiger partial charge on any atom is -0.367 e. The van der Waals surface area contributed by atoms with E-state index in [1.807, 2.05) is 23.3 Å². The summed E-state index contributed by atoms with van der Waals surface area (Å²) in [6.07, 6.45) is 1.09. The molecule has 1 aromatic heterocycles. The molecule has 2 heterocycles. The van der Waals surface area contributed by atoms with Crippen molar-refractivity contribution >= 4 is 17.2 Å². The minimum absolute atomic E-state index is 0.0236. The van der Waals surface area contributed by atoms with E-state index in [1.54, 1.807) is 23.5 Å². The van der Waals surface area contributed by atoms with Crippen LogP contribution in [-0.4, -0.2) is 30.0 Å². The van der Waals surface area contributed by atoms with Gasteiger partial charge in [-0.05, 0) is 42.5 Å². The summed E-state index contributed by atoms with van der Waals surface area (Å²) >= 11 is 1.68. The highest BCUT2D eigenvalue weighted by Crippen LogP contribution is 2.26. The molecule has 1 aliphatic rings. The Morgan fingerprint density at radius 3 is 2.78 bits per heavy atom. The van der Waals surface area contributed by atoms with E-state index in [0.29, 0.717) is 19.5 Å². The molecule has 1 saturated heterocycles. The van der Waals surface area contributed by atoms with Crippen LogP contribution >= 0.6 is 11.3 Å². The number of halogens is 1. The third-order valence-corrected chi connectivity index (χ3v) is 4.96. The smallest absolute Gasteiger partial charge is 0.223 e. The molecule has 0 saturated carbocycles. The first-order valence-corrected chi connectivity index (χ1v) is 8.71. The van der Waals surface area contributed by atoms with Gasteiger partial charge < -0.3 is 9.64 Å². The van der Waals surface area contributed by atoms with E-state index < -0.39 is 0 Å². The van der Waals surface area contributed by atoms with Crippen molar-refractivity contribution in [2.45, 2.75) is 32.0 Å². The van der Waals surface area contributed by atoms with Crippen molar-refractivity contribution < 1.29 is 13.9 Å². The van der Waals surface area contributed by atoms with Gasteiger partial charge in [-0.1, -0.05) is 18.2 Å². The summed E-state index contributed by atoms with van der Waals surface area (Å²) in [4.78, 5) is 15.6. The Morgan fingerprint density at radius 1 is 1.30 bits per heavy atom. The third-order valence-electron chi connectivity index (χ3n) is 4.02. The average molecular weight is 333 g/mol. The second-order valence-electron chi connectivity index (χ2n) is 5.86. The summed E-state index contributed by atoms with van der Waals surface area (Å²) in [6.45, 7) is 3.11. The van der Waals surface area contributed by atoms with Crippen molar-refractivity contribution in [3.8, 4) is 0 Å². The van der Waals surface area contributed by atoms with Crippen LogP contribution in [0.15, 0.2) is 41.8 Å². The standard InChI is InChI=1S/C18H20FNO2S/c1-13-11-20(18(21)9-8-16-3-2-10-23-16)12-17(22-13)14-4-6-15(19)7-5-14/h2-7,10,13,17H,8-9,11-12H2,1H3. The zero-order valence-corrected chi connectivity index (χ0v) is 13.9. The summed E-state index contributed by atoms with van der Waals surface area (Å²) in [6, 6.07) is 10.4. The number of amides is 1. The number of hydrogen-bond donors (Lipinski definition) is 0. The number of benzene rings is 1. The van der Waals surface area contributed by atoms with Crippen molar-refractivity contribution in [3.05, 3.63) is 58.0 Å². The van der Waals surface area contributed by atoms with Crippen LogP contribution in [0.1, 0.15) is 29.9 Å². The minimum atomic E-state index is -0.263. The second kappa shape index (κ2) is 7.23. The molecule has 1 amide bonds. The number of carbonyl (C=O) groups is 1. The first-order chi connectivity index (χ1) is 11.1. The molecular formula is C18H20FNO2S. The van der Waals surface area contributed by atoms with Gasteiger partial charge in [0.1, 0.15) is 11.9 Å². The molecule has 2 atom stereocenters. The largest absolute Gasteiger partial charge is 0.367 e. The van der Waals surface area contributed by atoms with E-state index in [0.717, 1.165) is 12.0 Å². The Balaban J connectivity index is 1.62. The van der Waals surface area contributed by atoms with Crippen LogP contribution in [-0.2, 0) is 16.0 Å². The summed E-state index contributed by atoms with van der Waals surface area (Å²) in [7, 11) is 0. The molecule has 0 N–H and O–H groups in total. The number of rotatable bonds is 4. The molecule has 1 aromatic carbocycles. The van der Waals surface area contributed by atoms with Gasteiger partial charge >= 0.3 is 0 Å². The van der Waals surface area contributed by atoms with Crippen molar-refractivity contribution in [2.75, 3.05) is 13.1 Å². The van der Waals surface area contributed by atoms with Crippen molar-refractivity contribution in [1.82, 2.24) is 4.90 Å². The van der Waals surface area contributed by atoms with Gasteiger partial charge in [0, 0.05) is 17.8 Å². The van der Waals surface area contributed by atoms with Crippen LogP contribution in [0, 0.1) is 5.82 Å². The highest BCUT2D eigenvalue weighted by molar-refractivity contribution is 7.09. The lowest BCUT2D eigenvalue weighted by molar-refractivity contribution is -0.144. The topological polar surface area (TPSA) is 29.5 Å². The number of aryl methyl sites for hydroxylation is 1. The monoisotopic (exact) mass is 333 g/mol. The van der Waals surface area contributed by atoms with E-state index in [4.69, 9.17) is 4.74 Å². The van der Waals surface area contributed by atoms with Gasteiger partial charge in [-0.25, -0.2) is 4.39 Å². The molecular weight excluding hydrogens is 313 g/mol. The normalized spacial score (nSPS) is 21.4. The summed E-state index contributed by atoms with van der Waals surface area (Å²) in [5, 5.41) is 2.03. The van der Waals surface area contributed by atoms with E-state index in [-0.39, 0.29) is 23.9 Å². The quantitative estimate of drug-likeness (QED) is 0.851. The molecule has 23 heavy (non-hydrogen) atoms. The van der Waals surface area contributed by atoms with Crippen LogP contribution in [0.4, 0.5) is 4.39 Å². The van der Waals surface area contributed by atoms with Crippen molar-refractivity contribution in [1.29, 1.82) is 0 Å². The fourth-order valence-corrected chi connectivity index (χ4v) is 3.57. The lowest BCUT2D eigenvalue weighted by Crippen LogP contribution is -2.46. The predicted molar refractivity (Wildman–Crippen MR) is 88.9 cm³/mol. The maximum absolute atomic E-state index is 13.1. The van der Waals surface area contributed by atoms with Crippen LogP contribution in [0.5, 0.6) is 0 Å². The SMILES string of the molecule is CC1CN(C(=O)CCc2cccs2)CC(c2ccc(F)cc2)O1. The maximum Gasteiger partial charge on any atom is 0.223 e.